The molecule has 90 valence electrons. The van der Waals surface area contributed by atoms with E-state index in [1.54, 1.807) is 24.3 Å². The van der Waals surface area contributed by atoms with Gasteiger partial charge in [0.2, 0.25) is 0 Å². The second kappa shape index (κ2) is 8.65. The average molecular weight is 262 g/mol. The molecule has 0 saturated heterocycles. The summed E-state index contributed by atoms with van der Waals surface area (Å²) in [4.78, 5) is 0. The van der Waals surface area contributed by atoms with Crippen LogP contribution in [0.4, 0.5) is 11.4 Å². The zero-order chi connectivity index (χ0) is 11.8. The van der Waals surface area contributed by atoms with E-state index < -0.39 is 5.17 Å². The van der Waals surface area contributed by atoms with Gasteiger partial charge in [0.05, 0.1) is 0 Å². The smallest absolute Gasteiger partial charge is 0.258 e. The Labute approximate surface area is 104 Å². The van der Waals surface area contributed by atoms with Gasteiger partial charge in [-0.1, -0.05) is 0 Å². The first-order valence-electron chi connectivity index (χ1n) is 3.75. The molecule has 0 atom stereocenters. The maximum atomic E-state index is 8.66. The molecule has 10 N–H and O–H groups in total. The van der Waals surface area contributed by atoms with E-state index in [4.69, 9.17) is 15.9 Å². The number of thiocarbonyl (C=S) groups is 2. The quantitative estimate of drug-likeness (QED) is 0.330. The molecule has 0 unspecified atom stereocenters. The number of aliphatic hydroxyl groups excluding tert-OH is 2. The first kappa shape index (κ1) is 16.8. The summed E-state index contributed by atoms with van der Waals surface area (Å²) in [5.41, 5.74) is 11.2. The number of hydrogen-bond acceptors (Lipinski definition) is 4. The van der Waals surface area contributed by atoms with Crippen LogP contribution in [0.2, 0.25) is 0 Å². The average Bonchev–Trinajstić information content (AvgIpc) is 2.07. The highest BCUT2D eigenvalue weighted by Gasteiger charge is 1.91. The number of anilines is 2. The summed E-state index contributed by atoms with van der Waals surface area (Å²) in [6, 6.07) is 6.91. The Morgan fingerprint density at radius 1 is 1.12 bits per heavy atom. The fraction of sp³-hybridized carbons (Fsp3) is 0. The molecule has 0 heterocycles. The standard InChI is InChI=1S/C7H8N2OS.CH3NOS.H3N/c8-5-1-3-6(4-2-5)9-7(10)11;2-1(3)4;/h1-4H,8H2,(H2,9,10,11);(H3,2,3,4);1H3. The highest BCUT2D eigenvalue weighted by molar-refractivity contribution is 7.80. The predicted molar refractivity (Wildman–Crippen MR) is 74.1 cm³/mol. The van der Waals surface area contributed by atoms with Crippen molar-refractivity contribution in [1.82, 2.24) is 6.15 Å². The van der Waals surface area contributed by atoms with Crippen LogP contribution in [0.5, 0.6) is 0 Å². The predicted octanol–water partition coefficient (Wildman–Crippen LogP) is 1.47. The van der Waals surface area contributed by atoms with Crippen molar-refractivity contribution in [2.45, 2.75) is 0 Å². The van der Waals surface area contributed by atoms with Crippen molar-refractivity contribution in [1.29, 1.82) is 0 Å². The monoisotopic (exact) mass is 262 g/mol. The molecule has 0 aliphatic heterocycles. The summed E-state index contributed by atoms with van der Waals surface area (Å²) >= 11 is 8.29. The lowest BCUT2D eigenvalue weighted by Gasteiger charge is -2.01. The summed E-state index contributed by atoms with van der Waals surface area (Å²) in [7, 11) is 0. The van der Waals surface area contributed by atoms with Crippen molar-refractivity contribution in [2.24, 2.45) is 5.73 Å². The van der Waals surface area contributed by atoms with E-state index in [2.05, 4.69) is 35.5 Å². The van der Waals surface area contributed by atoms with Gasteiger partial charge < -0.3 is 33.1 Å². The normalized spacial score (nSPS) is 7.75. The molecule has 0 aliphatic rings. The summed E-state index contributed by atoms with van der Waals surface area (Å²) < 4.78 is 0. The highest BCUT2D eigenvalue weighted by Crippen LogP contribution is 2.09. The maximum Gasteiger partial charge on any atom is 0.258 e. The summed E-state index contributed by atoms with van der Waals surface area (Å²) in [5.74, 6) is 0. The molecule has 1 aromatic carbocycles. The molecule has 1 aromatic rings. The van der Waals surface area contributed by atoms with Gasteiger partial charge in [0, 0.05) is 11.4 Å². The number of nitrogens with one attached hydrogen (secondary N) is 1. The molecule has 6 nitrogen and oxygen atoms in total. The Bertz CT molecular complexity index is 338. The molecule has 0 amide bonds. The van der Waals surface area contributed by atoms with E-state index in [9.17, 15) is 0 Å². The number of benzene rings is 1. The molecule has 0 aliphatic carbocycles. The lowest BCUT2D eigenvalue weighted by Crippen LogP contribution is -2.06. The van der Waals surface area contributed by atoms with Gasteiger partial charge in [-0.3, -0.25) is 0 Å². The zero-order valence-corrected chi connectivity index (χ0v) is 10.0. The third kappa shape index (κ3) is 10.4. The van der Waals surface area contributed by atoms with Gasteiger partial charge in [0.25, 0.3) is 10.3 Å². The molecular weight excluding hydrogens is 248 g/mol. The van der Waals surface area contributed by atoms with Crippen molar-refractivity contribution in [3.8, 4) is 0 Å². The van der Waals surface area contributed by atoms with Crippen molar-refractivity contribution in [3.05, 3.63) is 24.3 Å². The minimum Gasteiger partial charge on any atom is -0.487 e. The Morgan fingerprint density at radius 3 is 1.81 bits per heavy atom. The Balaban J connectivity index is 0. The third-order valence-corrected chi connectivity index (χ3v) is 1.26. The van der Waals surface area contributed by atoms with Crippen LogP contribution in [0.1, 0.15) is 0 Å². The van der Waals surface area contributed by atoms with Gasteiger partial charge in [-0.05, 0) is 48.7 Å². The van der Waals surface area contributed by atoms with Crippen LogP contribution in [0.25, 0.3) is 0 Å². The van der Waals surface area contributed by atoms with E-state index in [-0.39, 0.29) is 11.3 Å². The number of hydrogen-bond donors (Lipinski definition) is 6. The number of nitrogen functional groups attached to an aromatic ring is 1. The molecule has 16 heavy (non-hydrogen) atoms. The molecule has 0 fully saturated rings. The van der Waals surface area contributed by atoms with Gasteiger partial charge in [0.15, 0.2) is 0 Å². The number of aliphatic hydroxyl groups is 2. The van der Waals surface area contributed by atoms with Crippen molar-refractivity contribution < 1.29 is 10.2 Å². The van der Waals surface area contributed by atoms with Gasteiger partial charge in [-0.2, -0.15) is 0 Å². The van der Waals surface area contributed by atoms with Gasteiger partial charge in [-0.25, -0.2) is 0 Å². The zero-order valence-electron chi connectivity index (χ0n) is 8.38. The summed E-state index contributed by atoms with van der Waals surface area (Å²) in [6.07, 6.45) is 0. The second-order valence-corrected chi connectivity index (χ2v) is 3.20. The first-order valence-corrected chi connectivity index (χ1v) is 4.57. The molecule has 1 rings (SSSR count). The highest BCUT2D eigenvalue weighted by atomic mass is 32.1. The molecule has 8 heteroatoms. The maximum absolute atomic E-state index is 8.66. The third-order valence-electron chi connectivity index (χ3n) is 1.16. The molecule has 0 saturated carbocycles. The lowest BCUT2D eigenvalue weighted by atomic mass is 10.3. The van der Waals surface area contributed by atoms with Crippen LogP contribution in [0, 0.1) is 0 Å². The molecule has 0 radical (unpaired) electrons. The van der Waals surface area contributed by atoms with E-state index in [0.29, 0.717) is 5.69 Å². The molecule has 0 bridgehead atoms. The van der Waals surface area contributed by atoms with Gasteiger partial charge in [0.1, 0.15) is 0 Å². The largest absolute Gasteiger partial charge is 0.487 e. The first-order chi connectivity index (χ1) is 6.91. The minimum absolute atomic E-state index is 0. The van der Waals surface area contributed by atoms with E-state index in [1.165, 1.54) is 0 Å². The Kier molecular flexibility index (Phi) is 9.07. The number of nitrogens with two attached hydrogens (primary N) is 2. The van der Waals surface area contributed by atoms with Crippen LogP contribution < -0.4 is 22.9 Å². The van der Waals surface area contributed by atoms with E-state index in [0.717, 1.165) is 5.69 Å². The fourth-order valence-corrected chi connectivity index (χ4v) is 0.808. The van der Waals surface area contributed by atoms with Gasteiger partial charge >= 0.3 is 0 Å². The topological polar surface area (TPSA) is 140 Å². The minimum atomic E-state index is -0.500. The van der Waals surface area contributed by atoms with E-state index >= 15 is 0 Å². The van der Waals surface area contributed by atoms with Crippen LogP contribution in [-0.4, -0.2) is 20.6 Å². The van der Waals surface area contributed by atoms with Crippen LogP contribution >= 0.6 is 24.4 Å². The second-order valence-electron chi connectivity index (χ2n) is 2.39. The van der Waals surface area contributed by atoms with Crippen LogP contribution in [0.15, 0.2) is 24.3 Å². The fourth-order valence-electron chi connectivity index (χ4n) is 0.690. The molecule has 0 aromatic heterocycles. The summed E-state index contributed by atoms with van der Waals surface area (Å²) in [6.45, 7) is 0. The lowest BCUT2D eigenvalue weighted by molar-refractivity contribution is 0.560. The van der Waals surface area contributed by atoms with Crippen LogP contribution in [-0.2, 0) is 0 Å². The van der Waals surface area contributed by atoms with Crippen molar-refractivity contribution >= 4 is 46.2 Å². The Hall–Kier alpha value is -1.64. The number of rotatable bonds is 1. The van der Waals surface area contributed by atoms with Crippen molar-refractivity contribution in [2.75, 3.05) is 11.1 Å². The van der Waals surface area contributed by atoms with Gasteiger partial charge in [-0.15, -0.1) is 0 Å². The Morgan fingerprint density at radius 2 is 1.50 bits per heavy atom. The SMILES string of the molecule is N.NC(O)=S.Nc1ccc(NC(O)=S)cc1. The van der Waals surface area contributed by atoms with Crippen LogP contribution in [0.3, 0.4) is 0 Å². The molecular formula is C8H14N4O2S2. The summed E-state index contributed by atoms with van der Waals surface area (Å²) in [5, 5.41) is 18.1. The molecule has 0 spiro atoms. The van der Waals surface area contributed by atoms with Crippen molar-refractivity contribution in [3.63, 3.8) is 0 Å². The van der Waals surface area contributed by atoms with E-state index in [1.807, 2.05) is 0 Å².